The summed E-state index contributed by atoms with van der Waals surface area (Å²) in [5.41, 5.74) is 0.756. The first-order chi connectivity index (χ1) is 12.6. The molecule has 2 amide bonds. The number of ether oxygens (including phenoxy) is 1. The number of methoxy groups -OCH3 is 1. The second-order valence-corrected chi connectivity index (χ2v) is 6.27. The highest BCUT2D eigenvalue weighted by Crippen LogP contribution is 2.23. The van der Waals surface area contributed by atoms with E-state index in [2.05, 4.69) is 5.32 Å². The summed E-state index contributed by atoms with van der Waals surface area (Å²) >= 11 is 0. The van der Waals surface area contributed by atoms with E-state index in [1.54, 1.807) is 36.3 Å². The zero-order valence-corrected chi connectivity index (χ0v) is 14.6. The molecule has 5 nitrogen and oxygen atoms in total. The van der Waals surface area contributed by atoms with Crippen LogP contribution < -0.4 is 10.1 Å². The van der Waals surface area contributed by atoms with Gasteiger partial charge in [0.15, 0.2) is 0 Å². The lowest BCUT2D eigenvalue weighted by Gasteiger charge is -2.31. The van der Waals surface area contributed by atoms with Crippen LogP contribution in [0.5, 0.6) is 5.75 Å². The number of anilines is 1. The van der Waals surface area contributed by atoms with Gasteiger partial charge in [0.25, 0.3) is 5.91 Å². The monoisotopic (exact) mass is 356 g/mol. The fourth-order valence-corrected chi connectivity index (χ4v) is 3.09. The number of likely N-dealkylation sites (tertiary alicyclic amines) is 1. The van der Waals surface area contributed by atoms with Gasteiger partial charge < -0.3 is 15.0 Å². The van der Waals surface area contributed by atoms with E-state index in [9.17, 15) is 14.0 Å². The van der Waals surface area contributed by atoms with Gasteiger partial charge in [-0.15, -0.1) is 0 Å². The zero-order valence-electron chi connectivity index (χ0n) is 14.6. The van der Waals surface area contributed by atoms with Crippen LogP contribution in [0.2, 0.25) is 0 Å². The summed E-state index contributed by atoms with van der Waals surface area (Å²) in [5.74, 6) is -0.416. The lowest BCUT2D eigenvalue weighted by molar-refractivity contribution is -0.121. The Labute approximate surface area is 151 Å². The van der Waals surface area contributed by atoms with E-state index in [1.807, 2.05) is 12.1 Å². The molecule has 0 unspecified atom stereocenters. The van der Waals surface area contributed by atoms with Crippen LogP contribution in [-0.4, -0.2) is 36.9 Å². The summed E-state index contributed by atoms with van der Waals surface area (Å²) in [5, 5.41) is 2.89. The third-order valence-corrected chi connectivity index (χ3v) is 4.59. The van der Waals surface area contributed by atoms with Crippen molar-refractivity contribution < 1.29 is 18.7 Å². The van der Waals surface area contributed by atoms with Gasteiger partial charge in [0.2, 0.25) is 5.91 Å². The maximum Gasteiger partial charge on any atom is 0.256 e. The molecule has 0 aliphatic carbocycles. The molecular formula is C20H21FN2O3. The van der Waals surface area contributed by atoms with Crippen molar-refractivity contribution in [2.75, 3.05) is 25.5 Å². The highest BCUT2D eigenvalue weighted by atomic mass is 19.1. The lowest BCUT2D eigenvalue weighted by Crippen LogP contribution is -2.41. The normalized spacial score (nSPS) is 14.8. The number of hydrogen-bond donors (Lipinski definition) is 1. The molecule has 1 aliphatic rings. The van der Waals surface area contributed by atoms with E-state index >= 15 is 0 Å². The van der Waals surface area contributed by atoms with Crippen molar-refractivity contribution in [3.05, 3.63) is 59.9 Å². The highest BCUT2D eigenvalue weighted by molar-refractivity contribution is 5.95. The Hall–Kier alpha value is -2.89. The van der Waals surface area contributed by atoms with Crippen molar-refractivity contribution in [3.63, 3.8) is 0 Å². The molecule has 1 aliphatic heterocycles. The van der Waals surface area contributed by atoms with Gasteiger partial charge in [0.1, 0.15) is 11.6 Å². The van der Waals surface area contributed by atoms with Gasteiger partial charge in [0, 0.05) is 30.8 Å². The van der Waals surface area contributed by atoms with Crippen LogP contribution in [0, 0.1) is 11.7 Å². The van der Waals surface area contributed by atoms with Crippen molar-refractivity contribution in [1.82, 2.24) is 4.90 Å². The summed E-state index contributed by atoms with van der Waals surface area (Å²) in [7, 11) is 1.57. The number of piperidine rings is 1. The van der Waals surface area contributed by atoms with E-state index in [0.29, 0.717) is 37.4 Å². The molecule has 6 heteroatoms. The number of nitrogens with one attached hydrogen (secondary N) is 1. The van der Waals surface area contributed by atoms with Crippen molar-refractivity contribution in [3.8, 4) is 5.75 Å². The third-order valence-electron chi connectivity index (χ3n) is 4.59. The molecule has 0 aromatic heterocycles. The number of hydrogen-bond acceptors (Lipinski definition) is 3. The average Bonchev–Trinajstić information content (AvgIpc) is 2.68. The minimum Gasteiger partial charge on any atom is -0.497 e. The molecule has 0 atom stereocenters. The summed E-state index contributed by atoms with van der Waals surface area (Å²) in [6.45, 7) is 0.868. The summed E-state index contributed by atoms with van der Waals surface area (Å²) in [6, 6.07) is 13.1. The van der Waals surface area contributed by atoms with Gasteiger partial charge in [-0.05, 0) is 37.1 Å². The molecule has 26 heavy (non-hydrogen) atoms. The van der Waals surface area contributed by atoms with Gasteiger partial charge in [-0.1, -0.05) is 18.2 Å². The molecule has 2 aromatic rings. The predicted octanol–water partition coefficient (Wildman–Crippen LogP) is 3.33. The Kier molecular flexibility index (Phi) is 5.51. The number of benzene rings is 2. The number of nitrogens with zero attached hydrogens (tertiary/aromatic N) is 1. The second kappa shape index (κ2) is 7.99. The second-order valence-electron chi connectivity index (χ2n) is 6.27. The van der Waals surface area contributed by atoms with Crippen LogP contribution in [0.1, 0.15) is 23.2 Å². The van der Waals surface area contributed by atoms with Crippen LogP contribution >= 0.6 is 0 Å². The smallest absolute Gasteiger partial charge is 0.256 e. The number of carbonyl (C=O) groups is 2. The minimum absolute atomic E-state index is 0.0729. The van der Waals surface area contributed by atoms with Crippen LogP contribution in [0.15, 0.2) is 48.5 Å². The molecule has 1 heterocycles. The van der Waals surface area contributed by atoms with Crippen LogP contribution in [-0.2, 0) is 4.79 Å². The first-order valence-electron chi connectivity index (χ1n) is 8.57. The molecule has 1 N–H and O–H groups in total. The van der Waals surface area contributed by atoms with E-state index in [0.717, 1.165) is 0 Å². The first kappa shape index (κ1) is 17.9. The topological polar surface area (TPSA) is 58.6 Å². The largest absolute Gasteiger partial charge is 0.497 e. The molecule has 0 spiro atoms. The molecule has 0 radical (unpaired) electrons. The highest BCUT2D eigenvalue weighted by Gasteiger charge is 2.28. The van der Waals surface area contributed by atoms with Gasteiger partial charge in [-0.25, -0.2) is 4.39 Å². The Morgan fingerprint density at radius 1 is 1.12 bits per heavy atom. The number of halogens is 1. The minimum atomic E-state index is -0.518. The van der Waals surface area contributed by atoms with Gasteiger partial charge >= 0.3 is 0 Å². The van der Waals surface area contributed by atoms with E-state index in [1.165, 1.54) is 12.1 Å². The quantitative estimate of drug-likeness (QED) is 0.914. The summed E-state index contributed by atoms with van der Waals surface area (Å²) < 4.78 is 18.9. The molecule has 1 fully saturated rings. The number of rotatable bonds is 4. The van der Waals surface area contributed by atoms with Crippen molar-refractivity contribution in [2.24, 2.45) is 5.92 Å². The molecule has 0 bridgehead atoms. The van der Waals surface area contributed by atoms with Gasteiger partial charge in [0.05, 0.1) is 12.7 Å². The van der Waals surface area contributed by atoms with Crippen LogP contribution in [0.25, 0.3) is 0 Å². The molecule has 1 saturated heterocycles. The molecule has 0 saturated carbocycles. The summed E-state index contributed by atoms with van der Waals surface area (Å²) in [6.07, 6.45) is 1.10. The van der Waals surface area contributed by atoms with Crippen molar-refractivity contribution >= 4 is 17.5 Å². The third kappa shape index (κ3) is 4.02. The molecule has 2 aromatic carbocycles. The Bertz CT molecular complexity index is 801. The zero-order chi connectivity index (χ0) is 18.5. The summed E-state index contributed by atoms with van der Waals surface area (Å²) in [4.78, 5) is 26.5. The average molecular weight is 356 g/mol. The Balaban J connectivity index is 1.57. The SMILES string of the molecule is COc1cccc(NC(=O)C2CCN(C(=O)c3ccccc3F)CC2)c1. The van der Waals surface area contributed by atoms with Crippen molar-refractivity contribution in [1.29, 1.82) is 0 Å². The van der Waals surface area contributed by atoms with Gasteiger partial charge in [-0.2, -0.15) is 0 Å². The maximum absolute atomic E-state index is 13.8. The fraction of sp³-hybridized carbons (Fsp3) is 0.300. The first-order valence-corrected chi connectivity index (χ1v) is 8.57. The molecule has 136 valence electrons. The Morgan fingerprint density at radius 2 is 1.85 bits per heavy atom. The van der Waals surface area contributed by atoms with Crippen molar-refractivity contribution in [2.45, 2.75) is 12.8 Å². The fourth-order valence-electron chi connectivity index (χ4n) is 3.09. The van der Waals surface area contributed by atoms with E-state index in [-0.39, 0.29) is 23.3 Å². The predicted molar refractivity (Wildman–Crippen MR) is 96.7 cm³/mol. The van der Waals surface area contributed by atoms with Crippen LogP contribution in [0.4, 0.5) is 10.1 Å². The van der Waals surface area contributed by atoms with E-state index in [4.69, 9.17) is 4.74 Å². The molecular weight excluding hydrogens is 335 g/mol. The van der Waals surface area contributed by atoms with Crippen LogP contribution in [0.3, 0.4) is 0 Å². The maximum atomic E-state index is 13.8. The number of carbonyl (C=O) groups excluding carboxylic acids is 2. The molecule has 3 rings (SSSR count). The van der Waals surface area contributed by atoms with E-state index < -0.39 is 5.82 Å². The lowest BCUT2D eigenvalue weighted by atomic mass is 9.95. The Morgan fingerprint density at radius 3 is 2.54 bits per heavy atom. The van der Waals surface area contributed by atoms with Gasteiger partial charge in [-0.3, -0.25) is 9.59 Å². The standard InChI is InChI=1S/C20H21FN2O3/c1-26-16-6-4-5-15(13-16)22-19(24)14-9-11-23(12-10-14)20(25)17-7-2-3-8-18(17)21/h2-8,13-14H,9-12H2,1H3,(H,22,24). The number of amides is 2.